The molecule has 3 aliphatic heterocycles. The summed E-state index contributed by atoms with van der Waals surface area (Å²) in [6.07, 6.45) is -0.462. The highest BCUT2D eigenvalue weighted by atomic mass is 16.6. The monoisotopic (exact) mass is 600 g/mol. The van der Waals surface area contributed by atoms with Gasteiger partial charge in [-0.15, -0.1) is 0 Å². The van der Waals surface area contributed by atoms with Crippen LogP contribution in [-0.2, 0) is 21.7 Å². The molecule has 9 rings (SSSR count). The van der Waals surface area contributed by atoms with Crippen LogP contribution in [0.25, 0.3) is 43.6 Å². The summed E-state index contributed by atoms with van der Waals surface area (Å²) in [7, 11) is 5.16. The molecule has 0 unspecified atom stereocenters. The molecule has 3 aliphatic rings. The molecule has 1 saturated heterocycles. The number of rotatable bonds is 4. The molecule has 4 aromatic carbocycles. The number of hydrogen-bond donors (Lipinski definition) is 1. The Morgan fingerprint density at radius 1 is 0.956 bits per heavy atom. The van der Waals surface area contributed by atoms with Crippen LogP contribution in [0.1, 0.15) is 45.9 Å². The van der Waals surface area contributed by atoms with Crippen molar-refractivity contribution >= 4 is 55.4 Å². The molecule has 1 fully saturated rings. The number of ether oxygens (including phenoxy) is 3. The molecule has 2 amide bonds. The average Bonchev–Trinajstić information content (AvgIpc) is 3.71. The Bertz CT molecular complexity index is 2250. The molecule has 4 atom stereocenters. The Morgan fingerprint density at radius 2 is 1.64 bits per heavy atom. The molecule has 6 aromatic rings. The molecular weight excluding hydrogens is 568 g/mol. The van der Waals surface area contributed by atoms with Crippen molar-refractivity contribution < 1.29 is 23.8 Å². The zero-order chi connectivity index (χ0) is 30.8. The van der Waals surface area contributed by atoms with E-state index in [9.17, 15) is 9.59 Å². The van der Waals surface area contributed by atoms with Gasteiger partial charge in [0.05, 0.1) is 40.8 Å². The number of methoxy groups -OCH3 is 2. The molecule has 0 radical (unpaired) electrons. The second kappa shape index (κ2) is 9.09. The van der Waals surface area contributed by atoms with E-state index >= 15 is 0 Å². The van der Waals surface area contributed by atoms with Crippen LogP contribution in [0.3, 0.4) is 0 Å². The fourth-order valence-electron chi connectivity index (χ4n) is 8.48. The van der Waals surface area contributed by atoms with Crippen LogP contribution in [0, 0.1) is 0 Å². The van der Waals surface area contributed by atoms with Crippen molar-refractivity contribution in [2.45, 2.75) is 44.0 Å². The molecule has 0 spiro atoms. The third-order valence-corrected chi connectivity index (χ3v) is 10.4. The molecule has 0 saturated carbocycles. The molecular formula is C36H32N4O5. The van der Waals surface area contributed by atoms with E-state index in [-0.39, 0.29) is 17.9 Å². The van der Waals surface area contributed by atoms with Gasteiger partial charge in [-0.1, -0.05) is 36.4 Å². The molecule has 9 heteroatoms. The van der Waals surface area contributed by atoms with Crippen LogP contribution in [0.2, 0.25) is 0 Å². The van der Waals surface area contributed by atoms with E-state index in [0.29, 0.717) is 24.3 Å². The normalized spacial score (nSPS) is 23.6. The molecule has 1 N–H and O–H groups in total. The maximum atomic E-state index is 14.0. The van der Waals surface area contributed by atoms with Gasteiger partial charge in [0.2, 0.25) is 0 Å². The van der Waals surface area contributed by atoms with Crippen molar-refractivity contribution in [1.82, 2.24) is 19.4 Å². The van der Waals surface area contributed by atoms with Gasteiger partial charge >= 0.3 is 0 Å². The summed E-state index contributed by atoms with van der Waals surface area (Å²) in [5.74, 6) is 0.535. The van der Waals surface area contributed by atoms with Crippen LogP contribution in [0.5, 0.6) is 5.75 Å². The van der Waals surface area contributed by atoms with E-state index in [1.165, 1.54) is 0 Å². The SMILES string of the molecule is COc1ccc(C(=O)N(C)[C@@H]2C[C@H]3O[C@@](C)([C@@H]2OC)n2c4ccccc4c4c5c(c6c7ccccc7n3c6c42)C(=O)NC5)cc1. The second-order valence-electron chi connectivity index (χ2n) is 12.5. The van der Waals surface area contributed by atoms with Crippen LogP contribution >= 0.6 is 0 Å². The second-order valence-corrected chi connectivity index (χ2v) is 12.5. The van der Waals surface area contributed by atoms with Gasteiger partial charge in [-0.25, -0.2) is 0 Å². The first kappa shape index (κ1) is 26.5. The van der Waals surface area contributed by atoms with Gasteiger partial charge < -0.3 is 33.6 Å². The van der Waals surface area contributed by atoms with Gasteiger partial charge in [0, 0.05) is 54.2 Å². The topological polar surface area (TPSA) is 87.0 Å². The number of likely N-dealkylation sites (N-methyl/N-ethyl adjacent to an activating group) is 1. The van der Waals surface area contributed by atoms with Crippen molar-refractivity contribution in [3.8, 4) is 5.75 Å². The molecule has 5 heterocycles. The van der Waals surface area contributed by atoms with Crippen molar-refractivity contribution in [1.29, 1.82) is 0 Å². The number of nitrogens with one attached hydrogen (secondary N) is 1. The zero-order valence-corrected chi connectivity index (χ0v) is 25.5. The number of amides is 2. The first-order valence-electron chi connectivity index (χ1n) is 15.3. The van der Waals surface area contributed by atoms with Crippen LogP contribution in [0.4, 0.5) is 0 Å². The first-order valence-corrected chi connectivity index (χ1v) is 15.3. The van der Waals surface area contributed by atoms with Crippen molar-refractivity contribution in [3.05, 3.63) is 89.5 Å². The molecule has 45 heavy (non-hydrogen) atoms. The van der Waals surface area contributed by atoms with Gasteiger partial charge in [-0.3, -0.25) is 9.59 Å². The Hall–Kier alpha value is -4.86. The fraction of sp³-hybridized carbons (Fsp3) is 0.278. The average molecular weight is 601 g/mol. The highest BCUT2D eigenvalue weighted by Gasteiger charge is 2.55. The summed E-state index contributed by atoms with van der Waals surface area (Å²) in [6, 6.07) is 23.4. The molecule has 0 aliphatic carbocycles. The quantitative estimate of drug-likeness (QED) is 0.272. The minimum atomic E-state index is -1.00. The largest absolute Gasteiger partial charge is 0.497 e. The number of fused-ring (bicyclic) bond motifs is 13. The lowest BCUT2D eigenvalue weighted by atomic mass is 9.91. The Morgan fingerprint density at radius 3 is 2.36 bits per heavy atom. The van der Waals surface area contributed by atoms with Crippen LogP contribution < -0.4 is 10.1 Å². The van der Waals surface area contributed by atoms with Crippen molar-refractivity contribution in [2.75, 3.05) is 21.3 Å². The maximum absolute atomic E-state index is 14.0. The lowest BCUT2D eigenvalue weighted by Gasteiger charge is -2.50. The number of hydrogen-bond acceptors (Lipinski definition) is 5. The Balaban J connectivity index is 1.37. The fourth-order valence-corrected chi connectivity index (χ4v) is 8.48. The number of carbonyl (C=O) groups excluding carboxylic acids is 2. The third-order valence-electron chi connectivity index (χ3n) is 10.4. The van der Waals surface area contributed by atoms with Crippen LogP contribution in [-0.4, -0.2) is 59.3 Å². The van der Waals surface area contributed by atoms with E-state index in [1.807, 2.05) is 31.3 Å². The summed E-state index contributed by atoms with van der Waals surface area (Å²) < 4.78 is 23.5. The van der Waals surface area contributed by atoms with Gasteiger partial charge in [0.15, 0.2) is 5.72 Å². The van der Waals surface area contributed by atoms with Gasteiger partial charge in [0.1, 0.15) is 18.1 Å². The predicted octanol–water partition coefficient (Wildman–Crippen LogP) is 5.92. The van der Waals surface area contributed by atoms with Gasteiger partial charge in [-0.2, -0.15) is 0 Å². The molecule has 2 bridgehead atoms. The molecule has 2 aromatic heterocycles. The number of para-hydroxylation sites is 2. The minimum Gasteiger partial charge on any atom is -0.497 e. The minimum absolute atomic E-state index is 0.0524. The Kier molecular flexibility index (Phi) is 5.36. The number of nitrogens with zero attached hydrogens (tertiary/aromatic N) is 3. The van der Waals surface area contributed by atoms with Gasteiger partial charge in [0.25, 0.3) is 11.8 Å². The highest BCUT2D eigenvalue weighted by molar-refractivity contribution is 6.31. The van der Waals surface area contributed by atoms with E-state index in [0.717, 1.165) is 54.7 Å². The molecule has 9 nitrogen and oxygen atoms in total. The maximum Gasteiger partial charge on any atom is 0.253 e. The summed E-state index contributed by atoms with van der Waals surface area (Å²) in [5, 5.41) is 7.20. The third kappa shape index (κ3) is 3.24. The van der Waals surface area contributed by atoms with Gasteiger partial charge in [-0.05, 0) is 48.9 Å². The van der Waals surface area contributed by atoms with E-state index in [2.05, 4.69) is 45.6 Å². The Labute approximate surface area is 258 Å². The number of carbonyl (C=O) groups is 2. The number of aromatic nitrogens is 2. The lowest BCUT2D eigenvalue weighted by Crippen LogP contribution is -2.61. The van der Waals surface area contributed by atoms with E-state index in [1.54, 1.807) is 43.4 Å². The van der Waals surface area contributed by atoms with Crippen molar-refractivity contribution in [2.24, 2.45) is 0 Å². The molecule has 226 valence electrons. The standard InChI is InChI=1S/C36H32N4O5/c1-36-33(44-4)26(38(2)35(42)19-13-15-20(43-3)16-14-19)17-27(45-36)39-24-11-7-5-9-21(24)29-30-23(18-37-34(30)41)28-22-10-6-8-12-25(22)40(36)32(28)31(29)39/h5-16,26-27,33H,17-18H2,1-4H3,(H,37,41)/t26-,27-,33-,36+/m1/s1. The van der Waals surface area contributed by atoms with E-state index < -0.39 is 18.1 Å². The lowest BCUT2D eigenvalue weighted by molar-refractivity contribution is -0.264. The van der Waals surface area contributed by atoms with Crippen LogP contribution in [0.15, 0.2) is 72.8 Å². The first-order chi connectivity index (χ1) is 21.9. The summed E-state index contributed by atoms with van der Waals surface area (Å²) >= 11 is 0. The van der Waals surface area contributed by atoms with E-state index in [4.69, 9.17) is 14.2 Å². The predicted molar refractivity (Wildman–Crippen MR) is 172 cm³/mol. The number of benzene rings is 4. The summed E-state index contributed by atoms with van der Waals surface area (Å²) in [5.41, 5.74) is 5.30. The summed E-state index contributed by atoms with van der Waals surface area (Å²) in [6.45, 7) is 2.54. The summed E-state index contributed by atoms with van der Waals surface area (Å²) in [4.78, 5) is 29.4. The smallest absolute Gasteiger partial charge is 0.253 e. The zero-order valence-electron chi connectivity index (χ0n) is 25.5. The highest BCUT2D eigenvalue weighted by Crippen LogP contribution is 2.54. The van der Waals surface area contributed by atoms with Crippen molar-refractivity contribution in [3.63, 3.8) is 0 Å².